The summed E-state index contributed by atoms with van der Waals surface area (Å²) in [6.45, 7) is 3.85. The Bertz CT molecular complexity index is 1230. The molecule has 32 heavy (non-hydrogen) atoms. The maximum absolute atomic E-state index is 13.0. The molecule has 0 aromatic heterocycles. The molecule has 3 rings (SSSR count). The zero-order valence-corrected chi connectivity index (χ0v) is 19.9. The number of nitro groups is 1. The normalized spacial score (nSPS) is 11.7. The van der Waals surface area contributed by atoms with Crippen LogP contribution in [0.2, 0.25) is 0 Å². The lowest BCUT2D eigenvalue weighted by Crippen LogP contribution is -2.06. The number of alkyl halides is 3. The zero-order chi connectivity index (χ0) is 23.6. The number of ether oxygens (including phenoxy) is 1. The summed E-state index contributed by atoms with van der Waals surface area (Å²) < 4.78 is 45.8. The van der Waals surface area contributed by atoms with Gasteiger partial charge < -0.3 is 4.74 Å². The number of aryl methyl sites for hydroxylation is 2. The second-order valence-corrected chi connectivity index (χ2v) is 8.66. The summed E-state index contributed by atoms with van der Waals surface area (Å²) in [7, 11) is 0. The standard InChI is InChI=1S/C22H15Br2F3N2O3/c1-12-3-4-13(2)18(7-12)28-11-14-8-16(23)10-17(24)21(14)32-20-6-5-15(22(25,26)27)9-19(20)29(30)31/h3-11H,1-2H3. The average molecular weight is 572 g/mol. The minimum atomic E-state index is -4.72. The fraction of sp³-hybridized carbons (Fsp3) is 0.136. The van der Waals surface area contributed by atoms with Gasteiger partial charge in [-0.1, -0.05) is 28.1 Å². The van der Waals surface area contributed by atoms with E-state index in [9.17, 15) is 23.3 Å². The highest BCUT2D eigenvalue weighted by molar-refractivity contribution is 9.11. The van der Waals surface area contributed by atoms with Crippen LogP contribution in [-0.2, 0) is 6.18 Å². The maximum Gasteiger partial charge on any atom is 0.416 e. The molecular weight excluding hydrogens is 557 g/mol. The van der Waals surface area contributed by atoms with Crippen molar-refractivity contribution >= 4 is 49.4 Å². The van der Waals surface area contributed by atoms with Crippen molar-refractivity contribution < 1.29 is 22.8 Å². The molecule has 0 aliphatic carbocycles. The first-order chi connectivity index (χ1) is 15.0. The lowest BCUT2D eigenvalue weighted by molar-refractivity contribution is -0.385. The number of benzene rings is 3. The molecule has 0 N–H and O–H groups in total. The van der Waals surface area contributed by atoms with E-state index >= 15 is 0 Å². The third-order valence-electron chi connectivity index (χ3n) is 4.44. The molecular formula is C22H15Br2F3N2O3. The molecule has 0 heterocycles. The third kappa shape index (κ3) is 5.55. The average Bonchev–Trinajstić information content (AvgIpc) is 2.70. The van der Waals surface area contributed by atoms with E-state index < -0.39 is 22.4 Å². The number of nitrogens with zero attached hydrogens (tertiary/aromatic N) is 2. The second kappa shape index (κ2) is 9.41. The highest BCUT2D eigenvalue weighted by atomic mass is 79.9. The predicted molar refractivity (Wildman–Crippen MR) is 123 cm³/mol. The largest absolute Gasteiger partial charge is 0.448 e. The highest BCUT2D eigenvalue weighted by Crippen LogP contribution is 2.41. The molecule has 0 saturated heterocycles. The van der Waals surface area contributed by atoms with Crippen LogP contribution in [0.25, 0.3) is 0 Å². The number of hydrogen-bond acceptors (Lipinski definition) is 4. The third-order valence-corrected chi connectivity index (χ3v) is 5.49. The Morgan fingerprint density at radius 2 is 1.78 bits per heavy atom. The summed E-state index contributed by atoms with van der Waals surface area (Å²) >= 11 is 6.72. The maximum atomic E-state index is 13.0. The second-order valence-electron chi connectivity index (χ2n) is 6.89. The Morgan fingerprint density at radius 1 is 1.06 bits per heavy atom. The van der Waals surface area contributed by atoms with E-state index in [1.165, 1.54) is 6.21 Å². The van der Waals surface area contributed by atoms with Gasteiger partial charge >= 0.3 is 11.9 Å². The summed E-state index contributed by atoms with van der Waals surface area (Å²) in [5.41, 5.74) is 1.22. The lowest BCUT2D eigenvalue weighted by Gasteiger charge is -2.13. The van der Waals surface area contributed by atoms with E-state index in [1.54, 1.807) is 12.1 Å². The molecule has 0 radical (unpaired) electrons. The van der Waals surface area contributed by atoms with E-state index in [-0.39, 0.29) is 11.5 Å². The fourth-order valence-corrected chi connectivity index (χ4v) is 4.15. The summed E-state index contributed by atoms with van der Waals surface area (Å²) in [5.74, 6) is -0.155. The van der Waals surface area contributed by atoms with Gasteiger partial charge in [0.1, 0.15) is 0 Å². The van der Waals surface area contributed by atoms with E-state index in [2.05, 4.69) is 36.9 Å². The van der Waals surface area contributed by atoms with Gasteiger partial charge in [-0.15, -0.1) is 0 Å². The number of aliphatic imine (C=N–C) groups is 1. The first-order valence-electron chi connectivity index (χ1n) is 9.09. The number of hydrogen-bond donors (Lipinski definition) is 0. The minimum absolute atomic E-state index is 0.171. The van der Waals surface area contributed by atoms with Crippen molar-refractivity contribution in [1.29, 1.82) is 0 Å². The molecule has 10 heteroatoms. The number of halogens is 5. The smallest absolute Gasteiger partial charge is 0.416 e. The van der Waals surface area contributed by atoms with Crippen LogP contribution in [0.3, 0.4) is 0 Å². The molecule has 0 amide bonds. The van der Waals surface area contributed by atoms with Crippen LogP contribution in [0.1, 0.15) is 22.3 Å². The SMILES string of the molecule is Cc1ccc(C)c(N=Cc2cc(Br)cc(Br)c2Oc2ccc(C(F)(F)F)cc2[N+](=O)[O-])c1. The van der Waals surface area contributed by atoms with Gasteiger partial charge in [0.2, 0.25) is 5.75 Å². The Labute approximate surface area is 198 Å². The van der Waals surface area contributed by atoms with Crippen LogP contribution in [0.5, 0.6) is 11.5 Å². The van der Waals surface area contributed by atoms with Gasteiger partial charge in [-0.2, -0.15) is 13.2 Å². The van der Waals surface area contributed by atoms with Crippen molar-refractivity contribution in [3.63, 3.8) is 0 Å². The minimum Gasteiger partial charge on any atom is -0.448 e. The van der Waals surface area contributed by atoms with Gasteiger partial charge in [0, 0.05) is 22.3 Å². The first-order valence-corrected chi connectivity index (χ1v) is 10.7. The van der Waals surface area contributed by atoms with E-state index in [0.717, 1.165) is 28.9 Å². The van der Waals surface area contributed by atoms with Gasteiger partial charge in [0.05, 0.1) is 20.6 Å². The van der Waals surface area contributed by atoms with Crippen LogP contribution in [0, 0.1) is 24.0 Å². The quantitative estimate of drug-likeness (QED) is 0.176. The molecule has 0 spiro atoms. The number of nitro benzene ring substituents is 1. The van der Waals surface area contributed by atoms with Crippen molar-refractivity contribution in [2.24, 2.45) is 4.99 Å². The molecule has 0 unspecified atom stereocenters. The molecule has 0 bridgehead atoms. The molecule has 3 aromatic carbocycles. The first kappa shape index (κ1) is 23.9. The molecule has 0 aliphatic rings. The van der Waals surface area contributed by atoms with E-state index in [4.69, 9.17) is 4.74 Å². The molecule has 3 aromatic rings. The molecule has 0 fully saturated rings. The van der Waals surface area contributed by atoms with Crippen molar-refractivity contribution in [1.82, 2.24) is 0 Å². The highest BCUT2D eigenvalue weighted by Gasteiger charge is 2.33. The Morgan fingerprint density at radius 3 is 2.44 bits per heavy atom. The van der Waals surface area contributed by atoms with Crippen LogP contribution in [0.15, 0.2) is 62.5 Å². The lowest BCUT2D eigenvalue weighted by atomic mass is 10.1. The van der Waals surface area contributed by atoms with Gasteiger partial charge in [-0.3, -0.25) is 15.1 Å². The number of rotatable bonds is 5. The fourth-order valence-electron chi connectivity index (χ4n) is 2.81. The van der Waals surface area contributed by atoms with Crippen LogP contribution in [0.4, 0.5) is 24.5 Å². The summed E-state index contributed by atoms with van der Waals surface area (Å²) in [5, 5.41) is 11.4. The summed E-state index contributed by atoms with van der Waals surface area (Å²) in [6.07, 6.45) is -3.19. The van der Waals surface area contributed by atoms with Gasteiger partial charge in [0.25, 0.3) is 0 Å². The molecule has 0 saturated carbocycles. The van der Waals surface area contributed by atoms with E-state index in [0.29, 0.717) is 20.6 Å². The zero-order valence-electron chi connectivity index (χ0n) is 16.7. The topological polar surface area (TPSA) is 64.7 Å². The molecule has 5 nitrogen and oxygen atoms in total. The van der Waals surface area contributed by atoms with Crippen LogP contribution in [-0.4, -0.2) is 11.1 Å². The van der Waals surface area contributed by atoms with Crippen LogP contribution >= 0.6 is 31.9 Å². The van der Waals surface area contributed by atoms with Gasteiger partial charge in [-0.25, -0.2) is 0 Å². The van der Waals surface area contributed by atoms with E-state index in [1.807, 2.05) is 32.0 Å². The molecule has 166 valence electrons. The van der Waals surface area contributed by atoms with Crippen LogP contribution < -0.4 is 4.74 Å². The van der Waals surface area contributed by atoms with Crippen molar-refractivity contribution in [2.75, 3.05) is 0 Å². The van der Waals surface area contributed by atoms with Gasteiger partial charge in [0.15, 0.2) is 5.75 Å². The monoisotopic (exact) mass is 570 g/mol. The molecule has 0 aliphatic heterocycles. The van der Waals surface area contributed by atoms with Crippen molar-refractivity contribution in [3.8, 4) is 11.5 Å². The van der Waals surface area contributed by atoms with Gasteiger partial charge in [-0.05, 0) is 71.2 Å². The Kier molecular flexibility index (Phi) is 7.04. The van der Waals surface area contributed by atoms with Crippen molar-refractivity contribution in [2.45, 2.75) is 20.0 Å². The predicted octanol–water partition coefficient (Wildman–Crippen LogP) is 8.30. The van der Waals surface area contributed by atoms with Crippen molar-refractivity contribution in [3.05, 3.63) is 89.8 Å². The Balaban J connectivity index is 2.07. The summed E-state index contributed by atoms with van der Waals surface area (Å²) in [4.78, 5) is 15.0. The summed E-state index contributed by atoms with van der Waals surface area (Å²) in [6, 6.07) is 11.3. The molecule has 0 atom stereocenters. The Hall–Kier alpha value is -2.72.